The van der Waals surface area contributed by atoms with E-state index in [1.165, 1.54) is 22.7 Å². The van der Waals surface area contributed by atoms with E-state index in [1.54, 1.807) is 0 Å². The molecule has 2 aliphatic heterocycles. The molecule has 9 rings (SSSR count). The Labute approximate surface area is 395 Å². The van der Waals surface area contributed by atoms with E-state index in [4.69, 9.17) is 15.0 Å². The van der Waals surface area contributed by atoms with E-state index in [2.05, 4.69) is 235 Å². The van der Waals surface area contributed by atoms with E-state index in [9.17, 15) is 0 Å². The Morgan fingerprint density at radius 1 is 0.323 bits per heavy atom. The maximum atomic E-state index is 5.52. The number of aromatic nitrogens is 4. The SMILES string of the molecule is C[N+](C)(C)c1ccc(-c2c3nc(c(-c4ccc([N+](C)(C)C)cc4)c4ccc([nH]4)c(-c4ccc([N+](C)(C)C)cc4)c4nc(c(-c5ccc([N+](C)(C)C)cc5)c5ccc2[n-]5)C=C4)C=C3)cc1.[Fe]. The van der Waals surface area contributed by atoms with Gasteiger partial charge in [0.15, 0.2) is 0 Å². The largest absolute Gasteiger partial charge is 0.657 e. The second-order valence-corrected chi connectivity index (χ2v) is 20.7. The van der Waals surface area contributed by atoms with E-state index in [-0.39, 0.29) is 17.1 Å². The summed E-state index contributed by atoms with van der Waals surface area (Å²) >= 11 is 0. The third-order valence-corrected chi connectivity index (χ3v) is 12.4. The predicted molar refractivity (Wildman–Crippen MR) is 278 cm³/mol. The minimum absolute atomic E-state index is 0. The van der Waals surface area contributed by atoms with Gasteiger partial charge in [0.25, 0.3) is 0 Å². The van der Waals surface area contributed by atoms with Crippen LogP contribution < -0.4 is 22.9 Å². The van der Waals surface area contributed by atoms with Gasteiger partial charge in [0, 0.05) is 39.2 Å². The smallest absolute Gasteiger partial charge is 0.132 e. The van der Waals surface area contributed by atoms with Gasteiger partial charge in [-0.05, 0) is 167 Å². The van der Waals surface area contributed by atoms with Crippen LogP contribution in [0.5, 0.6) is 0 Å². The number of benzene rings is 4. The van der Waals surface area contributed by atoms with Crippen LogP contribution in [-0.2, 0) is 17.1 Å². The average molecular weight is 902 g/mol. The zero-order valence-electron chi connectivity index (χ0n) is 39.8. The third-order valence-electron chi connectivity index (χ3n) is 12.4. The van der Waals surface area contributed by atoms with Gasteiger partial charge >= 0.3 is 0 Å². The van der Waals surface area contributed by atoms with Gasteiger partial charge in [-0.3, -0.25) is 17.9 Å². The minimum Gasteiger partial charge on any atom is -0.657 e. The van der Waals surface area contributed by atoms with E-state index in [0.717, 1.165) is 107 Å². The van der Waals surface area contributed by atoms with Crippen molar-refractivity contribution in [1.29, 1.82) is 0 Å². The number of hydrogen-bond acceptors (Lipinski definition) is 2. The molecule has 330 valence electrons. The van der Waals surface area contributed by atoms with Crippen LogP contribution in [0.4, 0.5) is 22.7 Å². The summed E-state index contributed by atoms with van der Waals surface area (Å²) in [6.07, 6.45) is 8.63. The van der Waals surface area contributed by atoms with Gasteiger partial charge in [-0.2, -0.15) is 0 Å². The standard InChI is InChI=1S/C56H61N8.Fe/c1-61(2,3)41-21-13-37(14-22-41)53-45-29-31-47(57-45)54(38-15-23-42(24-16-38)62(4,5)6)49-33-35-51(59-49)56(40-19-27-44(28-20-40)64(10,11)12)52-36-34-50(60-52)55(48-32-30-46(53)58-48)39-17-25-43(26-18-39)63(7,8)9;/h13-36,57H,1-12H3;/q+3;. The molecule has 0 unspecified atom stereocenters. The monoisotopic (exact) mass is 901 g/mol. The molecule has 4 aromatic carbocycles. The molecule has 0 saturated carbocycles. The van der Waals surface area contributed by atoms with E-state index in [0.29, 0.717) is 0 Å². The van der Waals surface area contributed by atoms with Gasteiger partial charge in [0.2, 0.25) is 0 Å². The summed E-state index contributed by atoms with van der Waals surface area (Å²) in [6, 6.07) is 44.2. The van der Waals surface area contributed by atoms with Crippen LogP contribution in [0.25, 0.3) is 90.9 Å². The number of nitrogens with zero attached hydrogens (tertiary/aromatic N) is 7. The van der Waals surface area contributed by atoms with Crippen molar-refractivity contribution in [3.63, 3.8) is 0 Å². The molecular formula is C56H61FeN8+3. The zero-order chi connectivity index (χ0) is 45.3. The van der Waals surface area contributed by atoms with Crippen molar-refractivity contribution >= 4 is 69.1 Å². The first-order valence-electron chi connectivity index (χ1n) is 22.0. The second-order valence-electron chi connectivity index (χ2n) is 20.7. The minimum atomic E-state index is 0. The van der Waals surface area contributed by atoms with Crippen LogP contribution in [-0.4, -0.2) is 99.5 Å². The summed E-state index contributed by atoms with van der Waals surface area (Å²) in [4.78, 5) is 20.5. The van der Waals surface area contributed by atoms with Crippen LogP contribution in [0.3, 0.4) is 0 Å². The fraction of sp³-hybridized carbons (Fsp3) is 0.214. The van der Waals surface area contributed by atoms with Crippen molar-refractivity contribution in [1.82, 2.24) is 37.9 Å². The second kappa shape index (κ2) is 16.7. The van der Waals surface area contributed by atoms with Gasteiger partial charge in [0.05, 0.1) is 107 Å². The molecule has 1 N–H and O–H groups in total. The summed E-state index contributed by atoms with van der Waals surface area (Å²) in [6.45, 7) is 0. The summed E-state index contributed by atoms with van der Waals surface area (Å²) in [5.74, 6) is 0. The Bertz CT molecular complexity index is 2720. The van der Waals surface area contributed by atoms with Crippen LogP contribution in [0, 0.1) is 0 Å². The van der Waals surface area contributed by atoms with Gasteiger partial charge in [-0.15, -0.1) is 11.0 Å². The van der Waals surface area contributed by atoms with Gasteiger partial charge < -0.3 is 9.97 Å². The first-order chi connectivity index (χ1) is 30.2. The number of aromatic amines is 1. The third kappa shape index (κ3) is 8.96. The van der Waals surface area contributed by atoms with Crippen molar-refractivity contribution in [2.24, 2.45) is 0 Å². The van der Waals surface area contributed by atoms with E-state index >= 15 is 0 Å². The molecule has 8 bridgehead atoms. The molecule has 0 fully saturated rings. The van der Waals surface area contributed by atoms with Crippen LogP contribution >= 0.6 is 0 Å². The molecule has 9 heteroatoms. The van der Waals surface area contributed by atoms with Crippen molar-refractivity contribution in [2.45, 2.75) is 0 Å². The topological polar surface area (TPSA) is 55.7 Å². The number of quaternary nitrogens is 4. The Kier molecular flexibility index (Phi) is 11.7. The first kappa shape index (κ1) is 45.4. The van der Waals surface area contributed by atoms with Crippen molar-refractivity contribution < 1.29 is 17.1 Å². The molecule has 65 heavy (non-hydrogen) atoms. The normalized spacial score (nSPS) is 13.0. The maximum absolute atomic E-state index is 5.52. The molecule has 0 radical (unpaired) electrons. The van der Waals surface area contributed by atoms with Crippen molar-refractivity contribution in [3.8, 4) is 44.5 Å². The van der Waals surface area contributed by atoms with Gasteiger partial charge in [-0.25, -0.2) is 9.97 Å². The Hall–Kier alpha value is -6.16. The molecule has 2 aliphatic rings. The molecule has 7 aromatic rings. The predicted octanol–water partition coefficient (Wildman–Crippen LogP) is 11.7. The maximum Gasteiger partial charge on any atom is 0.132 e. The average Bonchev–Trinajstić information content (AvgIpc) is 4.08. The molecular weight excluding hydrogens is 841 g/mol. The van der Waals surface area contributed by atoms with Gasteiger partial charge in [-0.1, -0.05) is 12.1 Å². The molecule has 0 atom stereocenters. The van der Waals surface area contributed by atoms with Gasteiger partial charge in [0.1, 0.15) is 22.7 Å². The first-order valence-corrected chi connectivity index (χ1v) is 22.0. The van der Waals surface area contributed by atoms with E-state index in [1.807, 2.05) is 0 Å². The molecule has 0 aliphatic carbocycles. The summed E-state index contributed by atoms with van der Waals surface area (Å²) in [5, 5.41) is 0. The van der Waals surface area contributed by atoms with E-state index < -0.39 is 0 Å². The quantitative estimate of drug-likeness (QED) is 0.122. The zero-order valence-corrected chi connectivity index (χ0v) is 40.9. The molecule has 5 heterocycles. The van der Waals surface area contributed by atoms with Crippen molar-refractivity contribution in [2.75, 3.05) is 84.6 Å². The fourth-order valence-corrected chi connectivity index (χ4v) is 8.65. The number of fused-ring (bicyclic) bond motifs is 8. The number of H-pyrrole nitrogens is 1. The number of rotatable bonds is 8. The van der Waals surface area contributed by atoms with Crippen LogP contribution in [0.15, 0.2) is 121 Å². The molecule has 0 saturated heterocycles. The van der Waals surface area contributed by atoms with Crippen LogP contribution in [0.2, 0.25) is 0 Å². The fourth-order valence-electron chi connectivity index (χ4n) is 8.65. The molecule has 3 aromatic heterocycles. The molecule has 8 nitrogen and oxygen atoms in total. The summed E-state index contributed by atoms with van der Waals surface area (Å²) in [7, 11) is 26.3. The van der Waals surface area contributed by atoms with Crippen LogP contribution in [0.1, 0.15) is 22.8 Å². The summed E-state index contributed by atoms with van der Waals surface area (Å²) in [5.41, 5.74) is 20.3. The summed E-state index contributed by atoms with van der Waals surface area (Å²) < 4.78 is 2.89. The number of nitrogens with one attached hydrogen (secondary N) is 1. The van der Waals surface area contributed by atoms with Crippen molar-refractivity contribution in [3.05, 3.63) is 144 Å². The molecule has 0 spiro atoms. The Morgan fingerprint density at radius 2 is 0.569 bits per heavy atom. The molecule has 0 amide bonds. The Morgan fingerprint density at radius 3 is 0.831 bits per heavy atom. The number of hydrogen-bond donors (Lipinski definition) is 1. The Balaban J connectivity index is 0.00000576.